The van der Waals surface area contributed by atoms with E-state index in [0.29, 0.717) is 5.92 Å². The third-order valence-corrected chi connectivity index (χ3v) is 3.52. The van der Waals surface area contributed by atoms with Crippen molar-refractivity contribution in [1.82, 2.24) is 14.9 Å². The molecule has 0 saturated carbocycles. The van der Waals surface area contributed by atoms with Crippen molar-refractivity contribution in [2.24, 2.45) is 7.05 Å². The SMILES string of the molecule is Cc1cnc2c(c1)cc(C1CCNC1)n2C. The first kappa shape index (κ1) is 9.85. The quantitative estimate of drug-likeness (QED) is 0.788. The molecular formula is C13H17N3. The molecular weight excluding hydrogens is 198 g/mol. The van der Waals surface area contributed by atoms with Gasteiger partial charge in [-0.25, -0.2) is 4.98 Å². The Morgan fingerprint density at radius 3 is 3.06 bits per heavy atom. The third-order valence-electron chi connectivity index (χ3n) is 3.52. The molecule has 1 aliphatic rings. The second-order valence-electron chi connectivity index (χ2n) is 4.74. The zero-order chi connectivity index (χ0) is 11.1. The Kier molecular flexibility index (Phi) is 2.21. The largest absolute Gasteiger partial charge is 0.332 e. The van der Waals surface area contributed by atoms with Crippen LogP contribution in [0, 0.1) is 6.92 Å². The van der Waals surface area contributed by atoms with Gasteiger partial charge in [0.25, 0.3) is 0 Å². The van der Waals surface area contributed by atoms with Crippen LogP contribution < -0.4 is 5.32 Å². The first-order chi connectivity index (χ1) is 7.75. The van der Waals surface area contributed by atoms with Crippen LogP contribution in [0.4, 0.5) is 0 Å². The number of fused-ring (bicyclic) bond motifs is 1. The summed E-state index contributed by atoms with van der Waals surface area (Å²) in [6, 6.07) is 4.52. The van der Waals surface area contributed by atoms with Gasteiger partial charge < -0.3 is 9.88 Å². The Morgan fingerprint density at radius 1 is 1.44 bits per heavy atom. The van der Waals surface area contributed by atoms with Crippen molar-refractivity contribution in [2.75, 3.05) is 13.1 Å². The smallest absolute Gasteiger partial charge is 0.139 e. The van der Waals surface area contributed by atoms with Crippen molar-refractivity contribution in [1.29, 1.82) is 0 Å². The molecule has 0 bridgehead atoms. The molecule has 16 heavy (non-hydrogen) atoms. The summed E-state index contributed by atoms with van der Waals surface area (Å²) in [7, 11) is 2.12. The predicted octanol–water partition coefficient (Wildman–Crippen LogP) is 1.96. The highest BCUT2D eigenvalue weighted by atomic mass is 15.0. The van der Waals surface area contributed by atoms with Gasteiger partial charge >= 0.3 is 0 Å². The summed E-state index contributed by atoms with van der Waals surface area (Å²) in [5.74, 6) is 0.652. The van der Waals surface area contributed by atoms with Crippen LogP contribution in [0.25, 0.3) is 11.0 Å². The van der Waals surface area contributed by atoms with E-state index in [-0.39, 0.29) is 0 Å². The van der Waals surface area contributed by atoms with Crippen LogP contribution in [0.5, 0.6) is 0 Å². The number of aryl methyl sites for hydroxylation is 2. The van der Waals surface area contributed by atoms with Crippen LogP contribution in [-0.2, 0) is 7.05 Å². The van der Waals surface area contributed by atoms with E-state index in [1.807, 2.05) is 6.20 Å². The lowest BCUT2D eigenvalue weighted by Crippen LogP contribution is -2.10. The maximum absolute atomic E-state index is 4.51. The van der Waals surface area contributed by atoms with Crippen LogP contribution in [0.15, 0.2) is 18.3 Å². The lowest BCUT2D eigenvalue weighted by atomic mass is 10.0. The summed E-state index contributed by atoms with van der Waals surface area (Å²) in [6.45, 7) is 4.33. The second-order valence-corrected chi connectivity index (χ2v) is 4.74. The summed E-state index contributed by atoms with van der Waals surface area (Å²) in [4.78, 5) is 4.51. The van der Waals surface area contributed by atoms with E-state index in [2.05, 4.69) is 41.0 Å². The van der Waals surface area contributed by atoms with Gasteiger partial charge in [-0.1, -0.05) is 0 Å². The number of hydrogen-bond donors (Lipinski definition) is 1. The number of nitrogens with one attached hydrogen (secondary N) is 1. The molecule has 0 spiro atoms. The fraction of sp³-hybridized carbons (Fsp3) is 0.462. The molecule has 1 atom stereocenters. The number of hydrogen-bond acceptors (Lipinski definition) is 2. The van der Waals surface area contributed by atoms with E-state index in [4.69, 9.17) is 0 Å². The van der Waals surface area contributed by atoms with E-state index in [1.54, 1.807) is 0 Å². The number of rotatable bonds is 1. The Morgan fingerprint density at radius 2 is 2.31 bits per heavy atom. The first-order valence-corrected chi connectivity index (χ1v) is 5.88. The minimum Gasteiger partial charge on any atom is -0.332 e. The van der Waals surface area contributed by atoms with Crippen molar-refractivity contribution < 1.29 is 0 Å². The standard InChI is InChI=1S/C13H17N3/c1-9-5-11-6-12(10-3-4-14-8-10)16(2)13(11)15-7-9/h5-7,10,14H,3-4,8H2,1-2H3. The van der Waals surface area contributed by atoms with Gasteiger partial charge in [-0.05, 0) is 37.6 Å². The number of pyridine rings is 1. The van der Waals surface area contributed by atoms with E-state index >= 15 is 0 Å². The van der Waals surface area contributed by atoms with Crippen LogP contribution in [-0.4, -0.2) is 22.6 Å². The molecule has 84 valence electrons. The second kappa shape index (κ2) is 3.59. The van der Waals surface area contributed by atoms with Gasteiger partial charge in [-0.3, -0.25) is 0 Å². The summed E-state index contributed by atoms with van der Waals surface area (Å²) < 4.78 is 2.24. The highest BCUT2D eigenvalue weighted by molar-refractivity contribution is 5.78. The van der Waals surface area contributed by atoms with Gasteiger partial charge in [0.05, 0.1) is 0 Å². The monoisotopic (exact) mass is 215 g/mol. The fourth-order valence-corrected chi connectivity index (χ4v) is 2.65. The molecule has 3 rings (SSSR count). The molecule has 3 heteroatoms. The highest BCUT2D eigenvalue weighted by Gasteiger charge is 2.20. The van der Waals surface area contributed by atoms with Crippen molar-refractivity contribution in [2.45, 2.75) is 19.3 Å². The van der Waals surface area contributed by atoms with Crippen molar-refractivity contribution >= 4 is 11.0 Å². The molecule has 1 unspecified atom stereocenters. The molecule has 0 aliphatic carbocycles. The predicted molar refractivity (Wildman–Crippen MR) is 65.7 cm³/mol. The van der Waals surface area contributed by atoms with E-state index < -0.39 is 0 Å². The molecule has 1 saturated heterocycles. The maximum Gasteiger partial charge on any atom is 0.139 e. The minimum atomic E-state index is 0.652. The molecule has 2 aromatic heterocycles. The lowest BCUT2D eigenvalue weighted by Gasteiger charge is -2.09. The highest BCUT2D eigenvalue weighted by Crippen LogP contribution is 2.27. The van der Waals surface area contributed by atoms with Crippen molar-refractivity contribution in [3.8, 4) is 0 Å². The molecule has 1 aliphatic heterocycles. The maximum atomic E-state index is 4.51. The number of nitrogens with zero attached hydrogens (tertiary/aromatic N) is 2. The van der Waals surface area contributed by atoms with Gasteiger partial charge in [0.15, 0.2) is 0 Å². The van der Waals surface area contributed by atoms with E-state index in [1.165, 1.54) is 23.1 Å². The average molecular weight is 215 g/mol. The molecule has 1 fully saturated rings. The van der Waals surface area contributed by atoms with Crippen LogP contribution in [0.3, 0.4) is 0 Å². The van der Waals surface area contributed by atoms with Gasteiger partial charge in [0.1, 0.15) is 5.65 Å². The molecule has 0 amide bonds. The summed E-state index contributed by atoms with van der Waals surface area (Å²) in [5, 5.41) is 4.69. The molecule has 2 aromatic rings. The van der Waals surface area contributed by atoms with Crippen molar-refractivity contribution in [3.63, 3.8) is 0 Å². The Bertz CT molecular complexity index is 521. The Labute approximate surface area is 95.5 Å². The summed E-state index contributed by atoms with van der Waals surface area (Å²) in [5.41, 5.74) is 3.75. The van der Waals surface area contributed by atoms with Gasteiger partial charge in [0.2, 0.25) is 0 Å². The van der Waals surface area contributed by atoms with Gasteiger partial charge in [0, 0.05) is 36.8 Å². The van der Waals surface area contributed by atoms with Crippen LogP contribution in [0.1, 0.15) is 23.6 Å². The lowest BCUT2D eigenvalue weighted by molar-refractivity contribution is 0.692. The Balaban J connectivity index is 2.14. The zero-order valence-electron chi connectivity index (χ0n) is 9.83. The van der Waals surface area contributed by atoms with Gasteiger partial charge in [-0.2, -0.15) is 0 Å². The van der Waals surface area contributed by atoms with Gasteiger partial charge in [-0.15, -0.1) is 0 Å². The Hall–Kier alpha value is -1.35. The third kappa shape index (κ3) is 1.43. The summed E-state index contributed by atoms with van der Waals surface area (Å²) in [6.07, 6.45) is 3.18. The van der Waals surface area contributed by atoms with Crippen molar-refractivity contribution in [3.05, 3.63) is 29.6 Å². The minimum absolute atomic E-state index is 0.652. The topological polar surface area (TPSA) is 29.9 Å². The normalized spacial score (nSPS) is 20.8. The van der Waals surface area contributed by atoms with Crippen LogP contribution in [0.2, 0.25) is 0 Å². The number of aromatic nitrogens is 2. The van der Waals surface area contributed by atoms with E-state index in [9.17, 15) is 0 Å². The van der Waals surface area contributed by atoms with Crippen LogP contribution >= 0.6 is 0 Å². The fourth-order valence-electron chi connectivity index (χ4n) is 2.65. The zero-order valence-corrected chi connectivity index (χ0v) is 9.83. The molecule has 1 N–H and O–H groups in total. The van der Waals surface area contributed by atoms with E-state index in [0.717, 1.165) is 18.7 Å². The molecule has 3 nitrogen and oxygen atoms in total. The summed E-state index contributed by atoms with van der Waals surface area (Å²) >= 11 is 0. The average Bonchev–Trinajstić information content (AvgIpc) is 2.86. The first-order valence-electron chi connectivity index (χ1n) is 5.88. The molecule has 0 radical (unpaired) electrons. The molecule has 0 aromatic carbocycles. The molecule has 3 heterocycles.